The normalized spacial score (nSPS) is 24.1. The molecule has 0 saturated heterocycles. The fourth-order valence-electron chi connectivity index (χ4n) is 3.79. The SMILES string of the molecule is CCCNC(c1cnn(CC)c1)C1CCC(CCC)CC1. The van der Waals surface area contributed by atoms with E-state index in [1.54, 1.807) is 0 Å². The van der Waals surface area contributed by atoms with E-state index in [-0.39, 0.29) is 0 Å². The first-order chi connectivity index (χ1) is 10.3. The van der Waals surface area contributed by atoms with Crippen molar-refractivity contribution in [2.45, 2.75) is 78.3 Å². The second-order valence-corrected chi connectivity index (χ2v) is 6.63. The van der Waals surface area contributed by atoms with E-state index >= 15 is 0 Å². The van der Waals surface area contributed by atoms with Gasteiger partial charge in [0.25, 0.3) is 0 Å². The Labute approximate surface area is 130 Å². The second kappa shape index (κ2) is 8.57. The molecule has 1 aliphatic rings. The van der Waals surface area contributed by atoms with Crippen LogP contribution in [-0.4, -0.2) is 16.3 Å². The maximum atomic E-state index is 4.48. The van der Waals surface area contributed by atoms with Crippen LogP contribution in [-0.2, 0) is 6.54 Å². The highest BCUT2D eigenvalue weighted by atomic mass is 15.3. The fraction of sp³-hybridized carbons (Fsp3) is 0.833. The third kappa shape index (κ3) is 4.57. The van der Waals surface area contributed by atoms with Crippen LogP contribution in [0, 0.1) is 11.8 Å². The number of aromatic nitrogens is 2. The Bertz CT molecular complexity index is 391. The maximum Gasteiger partial charge on any atom is 0.0537 e. The van der Waals surface area contributed by atoms with Gasteiger partial charge in [-0.2, -0.15) is 5.10 Å². The number of rotatable bonds is 8. The predicted molar refractivity (Wildman–Crippen MR) is 89.3 cm³/mol. The smallest absolute Gasteiger partial charge is 0.0537 e. The molecule has 1 aliphatic carbocycles. The molecule has 1 aromatic rings. The van der Waals surface area contributed by atoms with Crippen LogP contribution in [0.25, 0.3) is 0 Å². The first-order valence-corrected chi connectivity index (χ1v) is 9.04. The van der Waals surface area contributed by atoms with Crippen molar-refractivity contribution in [3.8, 4) is 0 Å². The van der Waals surface area contributed by atoms with Crippen LogP contribution in [0.5, 0.6) is 0 Å². The highest BCUT2D eigenvalue weighted by molar-refractivity contribution is 5.12. The van der Waals surface area contributed by atoms with E-state index in [0.717, 1.165) is 24.9 Å². The van der Waals surface area contributed by atoms with Gasteiger partial charge in [0.1, 0.15) is 0 Å². The summed E-state index contributed by atoms with van der Waals surface area (Å²) >= 11 is 0. The number of hydrogen-bond donors (Lipinski definition) is 1. The van der Waals surface area contributed by atoms with Crippen molar-refractivity contribution < 1.29 is 0 Å². The zero-order valence-corrected chi connectivity index (χ0v) is 14.1. The molecule has 0 bridgehead atoms. The Hall–Kier alpha value is -0.830. The van der Waals surface area contributed by atoms with Crippen LogP contribution in [0.15, 0.2) is 12.4 Å². The van der Waals surface area contributed by atoms with E-state index < -0.39 is 0 Å². The highest BCUT2D eigenvalue weighted by Gasteiger charge is 2.28. The average Bonchev–Trinajstić information content (AvgIpc) is 2.98. The summed E-state index contributed by atoms with van der Waals surface area (Å²) in [6, 6.07) is 0.507. The summed E-state index contributed by atoms with van der Waals surface area (Å²) < 4.78 is 2.05. The third-order valence-electron chi connectivity index (χ3n) is 5.01. The molecule has 21 heavy (non-hydrogen) atoms. The lowest BCUT2D eigenvalue weighted by atomic mass is 9.76. The van der Waals surface area contributed by atoms with E-state index in [1.165, 1.54) is 50.5 Å². The predicted octanol–water partition coefficient (Wildman–Crippen LogP) is 4.55. The lowest BCUT2D eigenvalue weighted by Gasteiger charge is -2.34. The molecule has 120 valence electrons. The van der Waals surface area contributed by atoms with E-state index in [9.17, 15) is 0 Å². The van der Waals surface area contributed by atoms with Crippen molar-refractivity contribution in [3.05, 3.63) is 18.0 Å². The van der Waals surface area contributed by atoms with E-state index in [2.05, 4.69) is 48.3 Å². The minimum absolute atomic E-state index is 0.507. The molecule has 0 radical (unpaired) electrons. The van der Waals surface area contributed by atoms with Crippen LogP contribution in [0.2, 0.25) is 0 Å². The van der Waals surface area contributed by atoms with Gasteiger partial charge in [0, 0.05) is 24.3 Å². The fourth-order valence-corrected chi connectivity index (χ4v) is 3.79. The molecule has 0 aromatic carbocycles. The number of aryl methyl sites for hydroxylation is 1. The van der Waals surface area contributed by atoms with Crippen LogP contribution in [0.4, 0.5) is 0 Å². The minimum atomic E-state index is 0.507. The van der Waals surface area contributed by atoms with Crippen molar-refractivity contribution in [2.75, 3.05) is 6.54 Å². The Kier molecular flexibility index (Phi) is 6.75. The summed E-state index contributed by atoms with van der Waals surface area (Å²) in [5, 5.41) is 8.27. The zero-order chi connectivity index (χ0) is 15.1. The first kappa shape index (κ1) is 16.5. The molecule has 1 N–H and O–H groups in total. The molecule has 1 heterocycles. The van der Waals surface area contributed by atoms with Crippen molar-refractivity contribution in [1.29, 1.82) is 0 Å². The van der Waals surface area contributed by atoms with E-state index in [0.29, 0.717) is 6.04 Å². The standard InChI is InChI=1S/C18H33N3/c1-4-7-15-8-10-16(11-9-15)18(19-12-5-2)17-13-20-21(6-3)14-17/h13-16,18-19H,4-12H2,1-3H3. The number of hydrogen-bond acceptors (Lipinski definition) is 2. The molecular formula is C18H33N3. The monoisotopic (exact) mass is 291 g/mol. The molecule has 3 heteroatoms. The summed E-state index contributed by atoms with van der Waals surface area (Å²) in [4.78, 5) is 0. The van der Waals surface area contributed by atoms with Gasteiger partial charge in [-0.3, -0.25) is 4.68 Å². The lowest BCUT2D eigenvalue weighted by molar-refractivity contribution is 0.214. The average molecular weight is 291 g/mol. The molecule has 1 fully saturated rings. The quantitative estimate of drug-likeness (QED) is 0.761. The van der Waals surface area contributed by atoms with Gasteiger partial charge in [-0.1, -0.05) is 39.5 Å². The van der Waals surface area contributed by atoms with Crippen LogP contribution >= 0.6 is 0 Å². The lowest BCUT2D eigenvalue weighted by Crippen LogP contribution is -2.31. The topological polar surface area (TPSA) is 29.9 Å². The Balaban J connectivity index is 1.99. The first-order valence-electron chi connectivity index (χ1n) is 9.04. The van der Waals surface area contributed by atoms with Crippen molar-refractivity contribution in [2.24, 2.45) is 11.8 Å². The molecule has 0 amide bonds. The van der Waals surface area contributed by atoms with Gasteiger partial charge in [-0.15, -0.1) is 0 Å². The maximum absolute atomic E-state index is 4.48. The van der Waals surface area contributed by atoms with Gasteiger partial charge in [-0.25, -0.2) is 0 Å². The summed E-state index contributed by atoms with van der Waals surface area (Å²) in [6.45, 7) is 8.79. The Morgan fingerprint density at radius 3 is 2.52 bits per heavy atom. The van der Waals surface area contributed by atoms with Gasteiger partial charge >= 0.3 is 0 Å². The summed E-state index contributed by atoms with van der Waals surface area (Å²) in [5.74, 6) is 1.77. The van der Waals surface area contributed by atoms with E-state index in [1.807, 2.05) is 0 Å². The van der Waals surface area contributed by atoms with E-state index in [4.69, 9.17) is 0 Å². The summed E-state index contributed by atoms with van der Waals surface area (Å²) in [5.41, 5.74) is 1.39. The van der Waals surface area contributed by atoms with Gasteiger partial charge in [-0.05, 0) is 44.6 Å². The number of nitrogens with one attached hydrogen (secondary N) is 1. The molecule has 1 unspecified atom stereocenters. The largest absolute Gasteiger partial charge is 0.310 e. The van der Waals surface area contributed by atoms with Gasteiger partial charge < -0.3 is 5.32 Å². The molecular weight excluding hydrogens is 258 g/mol. The molecule has 2 rings (SSSR count). The highest BCUT2D eigenvalue weighted by Crippen LogP contribution is 2.38. The molecule has 1 saturated carbocycles. The van der Waals surface area contributed by atoms with Crippen LogP contribution in [0.1, 0.15) is 77.3 Å². The van der Waals surface area contributed by atoms with Crippen LogP contribution in [0.3, 0.4) is 0 Å². The molecule has 3 nitrogen and oxygen atoms in total. The van der Waals surface area contributed by atoms with Gasteiger partial charge in [0.15, 0.2) is 0 Å². The summed E-state index contributed by atoms with van der Waals surface area (Å²) in [6.07, 6.45) is 13.9. The van der Waals surface area contributed by atoms with Crippen molar-refractivity contribution in [1.82, 2.24) is 15.1 Å². The van der Waals surface area contributed by atoms with Gasteiger partial charge in [0.2, 0.25) is 0 Å². The number of nitrogens with zero attached hydrogens (tertiary/aromatic N) is 2. The Morgan fingerprint density at radius 2 is 1.95 bits per heavy atom. The Morgan fingerprint density at radius 1 is 1.19 bits per heavy atom. The summed E-state index contributed by atoms with van der Waals surface area (Å²) in [7, 11) is 0. The molecule has 1 aromatic heterocycles. The second-order valence-electron chi connectivity index (χ2n) is 6.63. The molecule has 1 atom stereocenters. The molecule has 0 aliphatic heterocycles. The molecule has 0 spiro atoms. The van der Waals surface area contributed by atoms with Crippen molar-refractivity contribution in [3.63, 3.8) is 0 Å². The van der Waals surface area contributed by atoms with Gasteiger partial charge in [0.05, 0.1) is 6.20 Å². The third-order valence-corrected chi connectivity index (χ3v) is 5.01. The zero-order valence-electron chi connectivity index (χ0n) is 14.1. The van der Waals surface area contributed by atoms with Crippen LogP contribution < -0.4 is 5.32 Å². The van der Waals surface area contributed by atoms with Crippen molar-refractivity contribution >= 4 is 0 Å². The minimum Gasteiger partial charge on any atom is -0.310 e.